The standard InChI is InChI=1S/C23H15BrO3/c24-21(23(26)27-17-10-2-1-3-11-17)22(25)20-18-12-6-4-8-15(18)14-16-9-5-7-13-19(16)20/h1-14,21H. The van der Waals surface area contributed by atoms with Crippen LogP contribution in [0.1, 0.15) is 10.4 Å². The number of halogens is 1. The number of Topliss-reactive ketones (excluding diaryl/α,β-unsaturated/α-hetero) is 1. The van der Waals surface area contributed by atoms with E-state index in [0.717, 1.165) is 21.5 Å². The van der Waals surface area contributed by atoms with E-state index in [1.54, 1.807) is 24.3 Å². The van der Waals surface area contributed by atoms with Crippen molar-refractivity contribution >= 4 is 49.2 Å². The van der Waals surface area contributed by atoms with Gasteiger partial charge in [-0.3, -0.25) is 4.79 Å². The summed E-state index contributed by atoms with van der Waals surface area (Å²) in [5.74, 6) is -0.547. The highest BCUT2D eigenvalue weighted by atomic mass is 79.9. The van der Waals surface area contributed by atoms with Gasteiger partial charge in [0.25, 0.3) is 0 Å². The molecule has 0 radical (unpaired) electrons. The van der Waals surface area contributed by atoms with Crippen molar-refractivity contribution in [2.24, 2.45) is 0 Å². The van der Waals surface area contributed by atoms with E-state index in [2.05, 4.69) is 15.9 Å². The van der Waals surface area contributed by atoms with E-state index in [4.69, 9.17) is 4.74 Å². The summed E-state index contributed by atoms with van der Waals surface area (Å²) >= 11 is 3.25. The molecule has 0 fully saturated rings. The zero-order chi connectivity index (χ0) is 18.8. The molecule has 4 aromatic rings. The van der Waals surface area contributed by atoms with Gasteiger partial charge in [0.15, 0.2) is 10.6 Å². The topological polar surface area (TPSA) is 43.4 Å². The van der Waals surface area contributed by atoms with Crippen LogP contribution in [0.25, 0.3) is 21.5 Å². The second-order valence-corrected chi connectivity index (χ2v) is 7.07. The van der Waals surface area contributed by atoms with Crippen molar-refractivity contribution in [3.05, 3.63) is 90.5 Å². The first-order valence-electron chi connectivity index (χ1n) is 8.50. The maximum atomic E-state index is 13.3. The number of hydrogen-bond acceptors (Lipinski definition) is 3. The first kappa shape index (κ1) is 17.4. The molecule has 4 aromatic carbocycles. The molecule has 4 rings (SSSR count). The van der Waals surface area contributed by atoms with Crippen molar-refractivity contribution < 1.29 is 14.3 Å². The minimum Gasteiger partial charge on any atom is -0.425 e. The smallest absolute Gasteiger partial charge is 0.333 e. The molecule has 0 heterocycles. The van der Waals surface area contributed by atoms with Gasteiger partial charge in [-0.2, -0.15) is 0 Å². The van der Waals surface area contributed by atoms with E-state index >= 15 is 0 Å². The Kier molecular flexibility index (Phi) is 4.73. The number of rotatable bonds is 4. The lowest BCUT2D eigenvalue weighted by Gasteiger charge is -2.14. The second kappa shape index (κ2) is 7.33. The lowest BCUT2D eigenvalue weighted by atomic mass is 9.93. The van der Waals surface area contributed by atoms with Gasteiger partial charge in [-0.15, -0.1) is 0 Å². The summed E-state index contributed by atoms with van der Waals surface area (Å²) < 4.78 is 5.34. The Bertz CT molecular complexity index is 1100. The molecule has 3 nitrogen and oxygen atoms in total. The fourth-order valence-electron chi connectivity index (χ4n) is 3.17. The maximum Gasteiger partial charge on any atom is 0.333 e. The number of fused-ring (bicyclic) bond motifs is 2. The molecule has 0 aliphatic heterocycles. The molecule has 27 heavy (non-hydrogen) atoms. The van der Waals surface area contributed by atoms with Gasteiger partial charge in [-0.1, -0.05) is 82.7 Å². The quantitative estimate of drug-likeness (QED) is 0.109. The molecule has 1 atom stereocenters. The predicted molar refractivity (Wildman–Crippen MR) is 111 cm³/mol. The zero-order valence-corrected chi connectivity index (χ0v) is 15.8. The van der Waals surface area contributed by atoms with Crippen LogP contribution >= 0.6 is 15.9 Å². The summed E-state index contributed by atoms with van der Waals surface area (Å²) in [5.41, 5.74) is 0.524. The lowest BCUT2D eigenvalue weighted by Crippen LogP contribution is -2.29. The summed E-state index contributed by atoms with van der Waals surface area (Å²) in [4.78, 5) is 24.7. The van der Waals surface area contributed by atoms with Crippen molar-refractivity contribution in [1.82, 2.24) is 0 Å². The summed E-state index contributed by atoms with van der Waals surface area (Å²) in [6.45, 7) is 0. The van der Waals surface area contributed by atoms with Crippen LogP contribution in [0, 0.1) is 0 Å². The van der Waals surface area contributed by atoms with Crippen molar-refractivity contribution in [3.63, 3.8) is 0 Å². The molecule has 0 saturated carbocycles. The third kappa shape index (κ3) is 3.36. The van der Waals surface area contributed by atoms with Crippen molar-refractivity contribution in [1.29, 1.82) is 0 Å². The van der Waals surface area contributed by atoms with E-state index in [0.29, 0.717) is 11.3 Å². The summed E-state index contributed by atoms with van der Waals surface area (Å²) in [6.07, 6.45) is 0. The largest absolute Gasteiger partial charge is 0.425 e. The molecule has 1 unspecified atom stereocenters. The molecule has 0 saturated heterocycles. The van der Waals surface area contributed by atoms with Crippen LogP contribution in [0.4, 0.5) is 0 Å². The molecule has 0 N–H and O–H groups in total. The van der Waals surface area contributed by atoms with E-state index < -0.39 is 10.8 Å². The number of carbonyl (C=O) groups excluding carboxylic acids is 2. The van der Waals surface area contributed by atoms with Gasteiger partial charge in [-0.05, 0) is 39.7 Å². The average molecular weight is 419 g/mol. The van der Waals surface area contributed by atoms with Crippen LogP contribution < -0.4 is 4.74 Å². The predicted octanol–water partition coefficient (Wildman–Crippen LogP) is 5.54. The number of ether oxygens (including phenoxy) is 1. The second-order valence-electron chi connectivity index (χ2n) is 6.15. The lowest BCUT2D eigenvalue weighted by molar-refractivity contribution is -0.132. The van der Waals surface area contributed by atoms with Crippen molar-refractivity contribution in [2.75, 3.05) is 0 Å². The maximum absolute atomic E-state index is 13.3. The van der Waals surface area contributed by atoms with Crippen LogP contribution in [0.15, 0.2) is 84.9 Å². The van der Waals surface area contributed by atoms with Crippen LogP contribution in [-0.2, 0) is 4.79 Å². The number of alkyl halides is 1. The Morgan fingerprint density at radius 2 is 1.26 bits per heavy atom. The van der Waals surface area contributed by atoms with Gasteiger partial charge < -0.3 is 4.74 Å². The van der Waals surface area contributed by atoms with Gasteiger partial charge in [0.2, 0.25) is 0 Å². The number of ketones is 1. The fraction of sp³-hybridized carbons (Fsp3) is 0.0435. The van der Waals surface area contributed by atoms with Gasteiger partial charge in [0.05, 0.1) is 0 Å². The Balaban J connectivity index is 1.78. The fourth-order valence-corrected chi connectivity index (χ4v) is 3.49. The number of esters is 1. The summed E-state index contributed by atoms with van der Waals surface area (Å²) in [6, 6.07) is 26.1. The minimum absolute atomic E-state index is 0.316. The molecular weight excluding hydrogens is 404 g/mol. The molecular formula is C23H15BrO3. The Morgan fingerprint density at radius 3 is 1.85 bits per heavy atom. The van der Waals surface area contributed by atoms with Crippen LogP contribution in [0.3, 0.4) is 0 Å². The van der Waals surface area contributed by atoms with E-state index in [9.17, 15) is 9.59 Å². The molecule has 0 aromatic heterocycles. The highest BCUT2D eigenvalue weighted by Crippen LogP contribution is 2.30. The monoisotopic (exact) mass is 418 g/mol. The van der Waals surface area contributed by atoms with Crippen LogP contribution in [-0.4, -0.2) is 16.6 Å². The zero-order valence-electron chi connectivity index (χ0n) is 14.3. The molecule has 0 amide bonds. The Hall–Kier alpha value is -2.98. The number of benzene rings is 4. The third-order valence-corrected chi connectivity index (χ3v) is 5.21. The average Bonchev–Trinajstić information content (AvgIpc) is 2.71. The molecule has 132 valence electrons. The van der Waals surface area contributed by atoms with E-state index in [1.807, 2.05) is 60.7 Å². The normalized spacial score (nSPS) is 12.0. The van der Waals surface area contributed by atoms with E-state index in [-0.39, 0.29) is 5.78 Å². The summed E-state index contributed by atoms with van der Waals surface area (Å²) in [7, 11) is 0. The van der Waals surface area contributed by atoms with Gasteiger partial charge in [-0.25, -0.2) is 4.79 Å². The molecule has 4 heteroatoms. The molecule has 0 bridgehead atoms. The van der Waals surface area contributed by atoms with Crippen molar-refractivity contribution in [2.45, 2.75) is 4.83 Å². The summed E-state index contributed by atoms with van der Waals surface area (Å²) in [5, 5.41) is 3.54. The van der Waals surface area contributed by atoms with Crippen LogP contribution in [0.2, 0.25) is 0 Å². The van der Waals surface area contributed by atoms with E-state index in [1.165, 1.54) is 0 Å². The number of para-hydroxylation sites is 1. The highest BCUT2D eigenvalue weighted by Gasteiger charge is 2.29. The first-order chi connectivity index (χ1) is 13.1. The van der Waals surface area contributed by atoms with Gasteiger partial charge in [0, 0.05) is 5.56 Å². The Morgan fingerprint density at radius 1 is 0.741 bits per heavy atom. The first-order valence-corrected chi connectivity index (χ1v) is 9.42. The van der Waals surface area contributed by atoms with Gasteiger partial charge in [0.1, 0.15) is 5.75 Å². The minimum atomic E-state index is -1.09. The molecule has 0 spiro atoms. The molecule has 0 aliphatic rings. The Labute approximate surface area is 164 Å². The van der Waals surface area contributed by atoms with Crippen LogP contribution in [0.5, 0.6) is 5.75 Å². The van der Waals surface area contributed by atoms with Gasteiger partial charge >= 0.3 is 5.97 Å². The van der Waals surface area contributed by atoms with Crippen molar-refractivity contribution in [3.8, 4) is 5.75 Å². The molecule has 0 aliphatic carbocycles. The SMILES string of the molecule is O=C(Oc1ccccc1)C(Br)C(=O)c1c2ccccc2cc2ccccc12. The number of carbonyl (C=O) groups is 2. The third-order valence-electron chi connectivity index (χ3n) is 4.42. The highest BCUT2D eigenvalue weighted by molar-refractivity contribution is 9.10. The number of hydrogen-bond donors (Lipinski definition) is 0.